The zero-order chi connectivity index (χ0) is 39.2. The van der Waals surface area contributed by atoms with Crippen molar-refractivity contribution in [1.29, 1.82) is 0 Å². The van der Waals surface area contributed by atoms with Crippen molar-refractivity contribution in [1.82, 2.24) is 9.80 Å². The summed E-state index contributed by atoms with van der Waals surface area (Å²) >= 11 is 0. The number of carbonyl (C=O) groups is 2. The van der Waals surface area contributed by atoms with Crippen molar-refractivity contribution in [2.75, 3.05) is 13.1 Å². The normalized spacial score (nSPS) is 26.9. The molecule has 0 unspecified atom stereocenters. The first-order valence-corrected chi connectivity index (χ1v) is 21.3. The summed E-state index contributed by atoms with van der Waals surface area (Å²) in [5, 5.41) is 12.1. The Kier molecular flexibility index (Phi) is 12.2. The molecule has 6 aliphatic rings. The molecule has 0 spiro atoms. The Hall–Kier alpha value is -4.88. The molecule has 3 fully saturated rings. The first-order valence-electron chi connectivity index (χ1n) is 21.3. The van der Waals surface area contributed by atoms with Crippen LogP contribution in [0.1, 0.15) is 117 Å². The van der Waals surface area contributed by atoms with Gasteiger partial charge in [-0.15, -0.1) is 0 Å². The van der Waals surface area contributed by atoms with E-state index in [1.165, 1.54) is 51.8 Å². The lowest BCUT2D eigenvalue weighted by molar-refractivity contribution is -0.159. The number of likely N-dealkylation sites (tertiary alicyclic amines) is 2. The Morgan fingerprint density at radius 1 is 0.661 bits per heavy atom. The topological polar surface area (TPSA) is 79.3 Å². The molecular weight excluding hydrogens is 733 g/mol. The van der Waals surface area contributed by atoms with Crippen LogP contribution < -0.4 is 0 Å². The number of hydrogen-bond acceptors (Lipinski definition) is 5. The Morgan fingerprint density at radius 2 is 1.24 bits per heavy atom. The molecule has 4 bridgehead atoms. The van der Waals surface area contributed by atoms with E-state index in [1.807, 2.05) is 70.5 Å². The molecule has 7 nitrogen and oxygen atoms in total. The molecule has 4 aromatic rings. The number of fused-ring (bicyclic) bond motifs is 2. The zero-order valence-electron chi connectivity index (χ0n) is 33.6. The second kappa shape index (κ2) is 17.0. The van der Waals surface area contributed by atoms with E-state index >= 15 is 0 Å². The van der Waals surface area contributed by atoms with Gasteiger partial charge < -0.3 is 24.4 Å². The van der Waals surface area contributed by atoms with Crippen LogP contribution >= 0.6 is 0 Å². The van der Waals surface area contributed by atoms with E-state index in [1.54, 1.807) is 0 Å². The van der Waals surface area contributed by atoms with Gasteiger partial charge in [-0.3, -0.25) is 0 Å². The molecule has 59 heavy (non-hydrogen) atoms. The zero-order valence-corrected chi connectivity index (χ0v) is 33.6. The SMILES string of the molecule is C.C.Cc1ccc2c(c1)[C@@]13CCCC=C1[C@@H](C2)N(C(=O)OCc1ccccc1)CC3.Cc1ccc2c(c1)[C@@]13CCCC[C@@]1(O)[C@@H](C2)N(C(=O)OCc1ccccc1)CC3. The number of aliphatic hydroxyl groups is 1. The summed E-state index contributed by atoms with van der Waals surface area (Å²) in [6.07, 6.45) is 12.9. The first-order chi connectivity index (χ1) is 27.7. The van der Waals surface area contributed by atoms with Crippen molar-refractivity contribution in [3.05, 3.63) is 153 Å². The summed E-state index contributed by atoms with van der Waals surface area (Å²) in [6, 6.07) is 33.2. The number of benzene rings is 4. The minimum absolute atomic E-state index is 0. The predicted octanol–water partition coefficient (Wildman–Crippen LogP) is 11.1. The average Bonchev–Trinajstić information content (AvgIpc) is 3.23. The number of piperidine rings is 2. The van der Waals surface area contributed by atoms with E-state index < -0.39 is 5.60 Å². The maximum atomic E-state index is 13.0. The van der Waals surface area contributed by atoms with Crippen LogP contribution in [0.2, 0.25) is 0 Å². The highest BCUT2D eigenvalue weighted by atomic mass is 16.6. The van der Waals surface area contributed by atoms with Crippen LogP contribution in [0.25, 0.3) is 0 Å². The number of hydrogen-bond donors (Lipinski definition) is 1. The van der Waals surface area contributed by atoms with E-state index in [4.69, 9.17) is 9.47 Å². The summed E-state index contributed by atoms with van der Waals surface area (Å²) in [5.74, 6) is 0. The summed E-state index contributed by atoms with van der Waals surface area (Å²) in [7, 11) is 0. The maximum Gasteiger partial charge on any atom is 0.410 e. The van der Waals surface area contributed by atoms with Gasteiger partial charge in [-0.2, -0.15) is 0 Å². The van der Waals surface area contributed by atoms with Gasteiger partial charge in [0.2, 0.25) is 0 Å². The van der Waals surface area contributed by atoms with E-state index in [2.05, 4.69) is 56.3 Å². The molecule has 4 aromatic carbocycles. The van der Waals surface area contributed by atoms with Crippen LogP contribution in [0.3, 0.4) is 0 Å². The van der Waals surface area contributed by atoms with Crippen molar-refractivity contribution in [3.8, 4) is 0 Å². The fourth-order valence-electron chi connectivity index (χ4n) is 11.7. The number of amides is 2. The number of rotatable bonds is 4. The van der Waals surface area contributed by atoms with Crippen molar-refractivity contribution >= 4 is 12.2 Å². The highest BCUT2D eigenvalue weighted by Gasteiger charge is 2.64. The molecule has 5 atom stereocenters. The van der Waals surface area contributed by atoms with Crippen LogP contribution in [-0.2, 0) is 46.4 Å². The number of aryl methyl sites for hydroxylation is 2. The number of nitrogens with zero attached hydrogens (tertiary/aromatic N) is 2. The predicted molar refractivity (Wildman–Crippen MR) is 235 cm³/mol. The van der Waals surface area contributed by atoms with Gasteiger partial charge in [0.25, 0.3) is 0 Å². The summed E-state index contributed by atoms with van der Waals surface area (Å²) in [4.78, 5) is 29.8. The second-order valence-corrected chi connectivity index (χ2v) is 17.6. The number of ether oxygens (including phenoxy) is 2. The van der Waals surface area contributed by atoms with E-state index in [0.29, 0.717) is 19.6 Å². The summed E-state index contributed by atoms with van der Waals surface area (Å²) in [6.45, 7) is 6.34. The largest absolute Gasteiger partial charge is 0.445 e. The number of allylic oxidation sites excluding steroid dienone is 1. The Balaban J connectivity index is 0.000000173. The van der Waals surface area contributed by atoms with Crippen LogP contribution in [0, 0.1) is 13.8 Å². The molecule has 2 saturated heterocycles. The summed E-state index contributed by atoms with van der Waals surface area (Å²) < 4.78 is 11.4. The lowest BCUT2D eigenvalue weighted by Crippen LogP contribution is -2.73. The summed E-state index contributed by atoms with van der Waals surface area (Å²) in [5.41, 5.74) is 10.6. The van der Waals surface area contributed by atoms with Gasteiger partial charge in [-0.1, -0.05) is 142 Å². The van der Waals surface area contributed by atoms with Crippen molar-refractivity contribution in [2.45, 2.75) is 141 Å². The fraction of sp³-hybridized carbons (Fsp3) is 0.462. The molecule has 0 aromatic heterocycles. The molecule has 2 heterocycles. The molecule has 312 valence electrons. The standard InChI is InChI=1S/C25H29NO3.C25H27NO2.2CH4/c1-18-9-10-20-16-22-25(28)12-6-5-11-24(25,21(20)15-18)13-14-26(22)23(27)29-17-19-7-3-2-4-8-19;1-18-10-11-20-16-23-21-9-5-6-12-25(21,22(20)15-18)13-14-26(23)24(27)28-17-19-7-3-2-4-8-19;;/h2-4,7-10,15,22,28H,5-6,11-14,16-17H2,1H3;2-4,7-11,15,23H,5-6,12-14,16-17H2,1H3;2*1H4/t22-,24+,25-;23-,25-;;/m11../s1. The highest BCUT2D eigenvalue weighted by molar-refractivity contribution is 5.71. The van der Waals surface area contributed by atoms with Gasteiger partial charge in [-0.25, -0.2) is 9.59 Å². The molecule has 10 rings (SSSR count). The molecule has 4 aliphatic carbocycles. The third-order valence-electron chi connectivity index (χ3n) is 14.5. The molecule has 2 amide bonds. The third-order valence-corrected chi connectivity index (χ3v) is 14.5. The maximum absolute atomic E-state index is 13.0. The van der Waals surface area contributed by atoms with E-state index in [-0.39, 0.29) is 56.6 Å². The van der Waals surface area contributed by atoms with E-state index in [0.717, 1.165) is 69.0 Å². The lowest BCUT2D eigenvalue weighted by atomic mass is 9.49. The molecule has 0 radical (unpaired) electrons. The van der Waals surface area contributed by atoms with Crippen molar-refractivity contribution in [2.24, 2.45) is 0 Å². The molecular formula is C52H64N2O5. The van der Waals surface area contributed by atoms with Crippen LogP contribution in [-0.4, -0.2) is 57.9 Å². The van der Waals surface area contributed by atoms with Gasteiger partial charge >= 0.3 is 12.2 Å². The van der Waals surface area contributed by atoms with Crippen LogP contribution in [0.4, 0.5) is 9.59 Å². The minimum atomic E-state index is -0.865. The van der Waals surface area contributed by atoms with Crippen molar-refractivity contribution < 1.29 is 24.2 Å². The van der Waals surface area contributed by atoms with Gasteiger partial charge in [0.15, 0.2) is 0 Å². The third kappa shape index (κ3) is 7.38. The molecule has 7 heteroatoms. The van der Waals surface area contributed by atoms with Crippen LogP contribution in [0.15, 0.2) is 109 Å². The smallest absolute Gasteiger partial charge is 0.410 e. The van der Waals surface area contributed by atoms with Gasteiger partial charge in [0.1, 0.15) is 13.2 Å². The Morgan fingerprint density at radius 3 is 1.90 bits per heavy atom. The number of carbonyl (C=O) groups excluding carboxylic acids is 2. The lowest BCUT2D eigenvalue weighted by Gasteiger charge is -2.63. The molecule has 2 aliphatic heterocycles. The Labute approximate surface area is 352 Å². The van der Waals surface area contributed by atoms with E-state index in [9.17, 15) is 14.7 Å². The minimum Gasteiger partial charge on any atom is -0.445 e. The van der Waals surface area contributed by atoms with Crippen LogP contribution in [0.5, 0.6) is 0 Å². The van der Waals surface area contributed by atoms with Gasteiger partial charge in [-0.05, 0) is 111 Å². The average molecular weight is 797 g/mol. The first kappa shape index (κ1) is 42.3. The Bertz CT molecular complexity index is 2170. The molecule has 1 N–H and O–H groups in total. The highest BCUT2D eigenvalue weighted by Crippen LogP contribution is 2.58. The monoisotopic (exact) mass is 796 g/mol. The molecule has 1 saturated carbocycles. The van der Waals surface area contributed by atoms with Crippen molar-refractivity contribution in [3.63, 3.8) is 0 Å². The fourth-order valence-corrected chi connectivity index (χ4v) is 11.7. The quantitative estimate of drug-likeness (QED) is 0.208. The second-order valence-electron chi connectivity index (χ2n) is 17.6. The van der Waals surface area contributed by atoms with Gasteiger partial charge in [0.05, 0.1) is 17.7 Å². The van der Waals surface area contributed by atoms with Gasteiger partial charge in [0, 0.05) is 23.9 Å².